The minimum absolute atomic E-state index is 0.256. The van der Waals surface area contributed by atoms with Gasteiger partial charge in [-0.2, -0.15) is 0 Å². The number of fused-ring (bicyclic) bond motifs is 1. The number of rotatable bonds is 3. The molecule has 0 N–H and O–H groups in total. The molecular weight excluding hydrogens is 252 g/mol. The van der Waals surface area contributed by atoms with Crippen LogP contribution in [0.4, 0.5) is 0 Å². The van der Waals surface area contributed by atoms with E-state index in [0.29, 0.717) is 11.7 Å². The van der Waals surface area contributed by atoms with Crippen molar-refractivity contribution in [2.75, 3.05) is 26.7 Å². The average Bonchev–Trinajstić information content (AvgIpc) is 2.96. The maximum absolute atomic E-state index is 11.6. The largest absolute Gasteiger partial charge is 0.465 e. The zero-order chi connectivity index (χ0) is 13.9. The first-order valence-corrected chi connectivity index (χ1v) is 7.43. The topological polar surface area (TPSA) is 32.8 Å². The van der Waals surface area contributed by atoms with Crippen LogP contribution in [0.5, 0.6) is 0 Å². The fourth-order valence-electron chi connectivity index (χ4n) is 3.44. The molecule has 2 aliphatic heterocycles. The summed E-state index contributed by atoms with van der Waals surface area (Å²) in [5, 5.41) is 0. The quantitative estimate of drug-likeness (QED) is 0.790. The van der Waals surface area contributed by atoms with Gasteiger partial charge in [0.1, 0.15) is 0 Å². The summed E-state index contributed by atoms with van der Waals surface area (Å²) in [5.74, 6) is -0.256. The molecule has 0 aromatic heterocycles. The van der Waals surface area contributed by atoms with Gasteiger partial charge in [-0.3, -0.25) is 9.80 Å². The third-order valence-electron chi connectivity index (χ3n) is 4.38. The average molecular weight is 274 g/mol. The number of nitrogens with zero attached hydrogens (tertiary/aromatic N) is 2. The second-order valence-electron chi connectivity index (χ2n) is 5.67. The Morgan fingerprint density at radius 1 is 1.30 bits per heavy atom. The summed E-state index contributed by atoms with van der Waals surface area (Å²) in [5.41, 5.74) is 1.84. The summed E-state index contributed by atoms with van der Waals surface area (Å²) in [6.07, 6.45) is 4.43. The Bertz CT molecular complexity index is 489. The zero-order valence-corrected chi connectivity index (χ0v) is 12.0. The zero-order valence-electron chi connectivity index (χ0n) is 12.0. The lowest BCUT2D eigenvalue weighted by molar-refractivity contribution is 0.0286. The summed E-state index contributed by atoms with van der Waals surface area (Å²) in [7, 11) is 1.43. The van der Waals surface area contributed by atoms with E-state index in [0.717, 1.165) is 13.1 Å². The Hall–Kier alpha value is -1.39. The lowest BCUT2D eigenvalue weighted by atomic mass is 10.1. The minimum atomic E-state index is -0.256. The molecule has 2 aliphatic rings. The van der Waals surface area contributed by atoms with Crippen LogP contribution in [-0.4, -0.2) is 48.7 Å². The molecule has 4 heteroatoms. The van der Waals surface area contributed by atoms with Crippen LogP contribution in [0.15, 0.2) is 24.3 Å². The Labute approximate surface area is 120 Å². The molecule has 2 fully saturated rings. The first-order valence-electron chi connectivity index (χ1n) is 7.43. The number of methoxy groups -OCH3 is 1. The highest BCUT2D eigenvalue weighted by atomic mass is 16.5. The molecule has 0 amide bonds. The van der Waals surface area contributed by atoms with E-state index in [9.17, 15) is 4.79 Å². The number of ether oxygens (including phenoxy) is 1. The normalized spacial score (nSPS) is 23.6. The van der Waals surface area contributed by atoms with Crippen LogP contribution in [0, 0.1) is 0 Å². The molecular formula is C16H22N2O2. The number of hydrogen-bond acceptors (Lipinski definition) is 4. The van der Waals surface area contributed by atoms with Gasteiger partial charge in [0.2, 0.25) is 0 Å². The molecule has 2 saturated heterocycles. The lowest BCUT2D eigenvalue weighted by Crippen LogP contribution is -2.49. The molecule has 20 heavy (non-hydrogen) atoms. The van der Waals surface area contributed by atoms with Crippen LogP contribution in [0.25, 0.3) is 0 Å². The predicted octanol–water partition coefficient (Wildman–Crippen LogP) is 2.10. The van der Waals surface area contributed by atoms with Crippen molar-refractivity contribution in [3.63, 3.8) is 0 Å². The molecule has 4 nitrogen and oxygen atoms in total. The number of benzene rings is 1. The van der Waals surface area contributed by atoms with Gasteiger partial charge in [-0.05, 0) is 43.5 Å². The molecule has 0 aliphatic carbocycles. The Morgan fingerprint density at radius 2 is 2.15 bits per heavy atom. The molecule has 1 aromatic rings. The summed E-state index contributed by atoms with van der Waals surface area (Å²) in [6, 6.07) is 7.81. The molecule has 0 spiro atoms. The van der Waals surface area contributed by atoms with Gasteiger partial charge >= 0.3 is 5.97 Å². The van der Waals surface area contributed by atoms with Crippen molar-refractivity contribution < 1.29 is 9.53 Å². The second kappa shape index (κ2) is 5.94. The molecule has 1 atom stereocenters. The van der Waals surface area contributed by atoms with Crippen molar-refractivity contribution in [2.45, 2.75) is 32.0 Å². The van der Waals surface area contributed by atoms with Crippen LogP contribution in [-0.2, 0) is 11.3 Å². The first kappa shape index (κ1) is 13.6. The van der Waals surface area contributed by atoms with E-state index in [1.54, 1.807) is 0 Å². The Balaban J connectivity index is 1.72. The van der Waals surface area contributed by atoms with Gasteiger partial charge in [0.25, 0.3) is 0 Å². The van der Waals surface area contributed by atoms with Crippen molar-refractivity contribution in [2.24, 2.45) is 0 Å². The van der Waals surface area contributed by atoms with Crippen molar-refractivity contribution in [1.29, 1.82) is 0 Å². The van der Waals surface area contributed by atoms with Crippen LogP contribution in [0.2, 0.25) is 0 Å². The Kier molecular flexibility index (Phi) is 4.03. The highest BCUT2D eigenvalue weighted by molar-refractivity contribution is 5.89. The van der Waals surface area contributed by atoms with E-state index in [4.69, 9.17) is 4.74 Å². The van der Waals surface area contributed by atoms with E-state index in [-0.39, 0.29) is 5.97 Å². The third-order valence-corrected chi connectivity index (χ3v) is 4.38. The Morgan fingerprint density at radius 3 is 3.00 bits per heavy atom. The van der Waals surface area contributed by atoms with E-state index >= 15 is 0 Å². The van der Waals surface area contributed by atoms with Crippen LogP contribution in [0.3, 0.4) is 0 Å². The maximum atomic E-state index is 11.6. The van der Waals surface area contributed by atoms with Gasteiger partial charge in [0.15, 0.2) is 0 Å². The molecule has 1 aromatic carbocycles. The van der Waals surface area contributed by atoms with Gasteiger partial charge in [0, 0.05) is 19.6 Å². The third kappa shape index (κ3) is 2.72. The highest BCUT2D eigenvalue weighted by Gasteiger charge is 2.32. The van der Waals surface area contributed by atoms with Crippen molar-refractivity contribution >= 4 is 5.97 Å². The molecule has 108 valence electrons. The highest BCUT2D eigenvalue weighted by Crippen LogP contribution is 2.26. The monoisotopic (exact) mass is 274 g/mol. The second-order valence-corrected chi connectivity index (χ2v) is 5.67. The summed E-state index contributed by atoms with van der Waals surface area (Å²) >= 11 is 0. The number of esters is 1. The van der Waals surface area contributed by atoms with Gasteiger partial charge in [-0.15, -0.1) is 0 Å². The molecule has 0 radical (unpaired) electrons. The van der Waals surface area contributed by atoms with E-state index in [1.807, 2.05) is 18.2 Å². The lowest BCUT2D eigenvalue weighted by Gasteiger charge is -2.40. The first-order chi connectivity index (χ1) is 9.78. The van der Waals surface area contributed by atoms with Gasteiger partial charge in [-0.25, -0.2) is 4.79 Å². The smallest absolute Gasteiger partial charge is 0.337 e. The predicted molar refractivity (Wildman–Crippen MR) is 77.4 cm³/mol. The molecule has 0 saturated carbocycles. The minimum Gasteiger partial charge on any atom is -0.465 e. The molecule has 0 bridgehead atoms. The number of carbonyl (C=O) groups is 1. The summed E-state index contributed by atoms with van der Waals surface area (Å²) in [4.78, 5) is 16.7. The number of hydrogen-bond donors (Lipinski definition) is 0. The maximum Gasteiger partial charge on any atom is 0.337 e. The van der Waals surface area contributed by atoms with E-state index in [2.05, 4.69) is 15.9 Å². The van der Waals surface area contributed by atoms with Crippen molar-refractivity contribution in [3.8, 4) is 0 Å². The molecule has 1 unspecified atom stereocenters. The fraction of sp³-hybridized carbons (Fsp3) is 0.562. The van der Waals surface area contributed by atoms with Crippen LogP contribution >= 0.6 is 0 Å². The van der Waals surface area contributed by atoms with Gasteiger partial charge in [0.05, 0.1) is 18.8 Å². The molecule has 2 heterocycles. The fourth-order valence-corrected chi connectivity index (χ4v) is 3.44. The van der Waals surface area contributed by atoms with E-state index in [1.165, 1.54) is 45.0 Å². The van der Waals surface area contributed by atoms with Crippen LogP contribution < -0.4 is 0 Å². The van der Waals surface area contributed by atoms with Gasteiger partial charge in [-0.1, -0.05) is 12.1 Å². The SMILES string of the molecule is COC(=O)c1cccc(CN2CCCN3CCCC32)c1. The van der Waals surface area contributed by atoms with Crippen LogP contribution in [0.1, 0.15) is 35.2 Å². The number of carbonyl (C=O) groups excluding carboxylic acids is 1. The van der Waals surface area contributed by atoms with E-state index < -0.39 is 0 Å². The summed E-state index contributed by atoms with van der Waals surface area (Å²) in [6.45, 7) is 4.56. The standard InChI is InChI=1S/C16H22N2O2/c1-20-16(19)14-6-2-5-13(11-14)12-18-10-4-9-17-8-3-7-15(17)18/h2,5-6,11,15H,3-4,7-10,12H2,1H3. The van der Waals surface area contributed by atoms with Gasteiger partial charge < -0.3 is 4.74 Å². The molecule has 3 rings (SSSR count). The van der Waals surface area contributed by atoms with Crippen molar-refractivity contribution in [1.82, 2.24) is 9.80 Å². The van der Waals surface area contributed by atoms with Crippen molar-refractivity contribution in [3.05, 3.63) is 35.4 Å². The summed E-state index contributed by atoms with van der Waals surface area (Å²) < 4.78 is 4.79.